The highest BCUT2D eigenvalue weighted by Gasteiger charge is 2.09. The van der Waals surface area contributed by atoms with Crippen LogP contribution in [0.2, 0.25) is 0 Å². The van der Waals surface area contributed by atoms with Crippen LogP contribution in [0.4, 0.5) is 0 Å². The molecule has 0 aliphatic carbocycles. The molecule has 0 aliphatic heterocycles. The lowest BCUT2D eigenvalue weighted by Crippen LogP contribution is -2.32. The lowest BCUT2D eigenvalue weighted by atomic mass is 10.2. The number of carboxylic acid groups (broad SMARTS) is 1. The average Bonchev–Trinajstić information content (AvgIpc) is 2.35. The highest BCUT2D eigenvalue weighted by Crippen LogP contribution is 2.23. The maximum absolute atomic E-state index is 11.6. The standard InChI is InChI=1S/C14H16BrNO4/c1-9(7-14(18)19)16-13(17)6-3-10-8-11(15)4-5-12(10)20-2/h3-6,8-9H,7H2,1-2H3,(H,16,17)(H,18,19)/b6-3+. The second-order valence-electron chi connectivity index (χ2n) is 4.23. The SMILES string of the molecule is COc1ccc(Br)cc1/C=C/C(=O)NC(C)CC(=O)O. The zero-order valence-electron chi connectivity index (χ0n) is 11.2. The summed E-state index contributed by atoms with van der Waals surface area (Å²) < 4.78 is 6.06. The molecule has 0 spiro atoms. The lowest BCUT2D eigenvalue weighted by molar-refractivity contribution is -0.137. The second kappa shape index (κ2) is 7.69. The van der Waals surface area contributed by atoms with Gasteiger partial charge < -0.3 is 15.2 Å². The third-order valence-corrected chi connectivity index (χ3v) is 2.97. The van der Waals surface area contributed by atoms with Crippen molar-refractivity contribution >= 4 is 33.9 Å². The monoisotopic (exact) mass is 341 g/mol. The molecule has 20 heavy (non-hydrogen) atoms. The first-order chi connectivity index (χ1) is 9.42. The summed E-state index contributed by atoms with van der Waals surface area (Å²) in [5, 5.41) is 11.2. The van der Waals surface area contributed by atoms with E-state index in [1.807, 2.05) is 12.1 Å². The molecule has 6 heteroatoms. The zero-order chi connectivity index (χ0) is 15.1. The molecule has 2 N–H and O–H groups in total. The van der Waals surface area contributed by atoms with Crippen molar-refractivity contribution in [3.05, 3.63) is 34.3 Å². The average molecular weight is 342 g/mol. The molecule has 1 amide bonds. The number of ether oxygens (including phenoxy) is 1. The molecular formula is C14H16BrNO4. The summed E-state index contributed by atoms with van der Waals surface area (Å²) in [6, 6.07) is 5.03. The number of halogens is 1. The van der Waals surface area contributed by atoms with Gasteiger partial charge in [0.2, 0.25) is 5.91 Å². The molecule has 0 radical (unpaired) electrons. The van der Waals surface area contributed by atoms with Crippen LogP contribution in [0.5, 0.6) is 5.75 Å². The Hall–Kier alpha value is -1.82. The zero-order valence-corrected chi connectivity index (χ0v) is 12.8. The number of methoxy groups -OCH3 is 1. The molecule has 1 aromatic rings. The lowest BCUT2D eigenvalue weighted by Gasteiger charge is -2.09. The van der Waals surface area contributed by atoms with E-state index in [1.54, 1.807) is 26.2 Å². The van der Waals surface area contributed by atoms with Crippen molar-refractivity contribution in [3.8, 4) is 5.75 Å². The number of carbonyl (C=O) groups excluding carboxylic acids is 1. The van der Waals surface area contributed by atoms with E-state index in [4.69, 9.17) is 9.84 Å². The van der Waals surface area contributed by atoms with Gasteiger partial charge in [-0.15, -0.1) is 0 Å². The summed E-state index contributed by atoms with van der Waals surface area (Å²) in [5.41, 5.74) is 0.753. The minimum absolute atomic E-state index is 0.111. The van der Waals surface area contributed by atoms with Crippen molar-refractivity contribution in [2.45, 2.75) is 19.4 Å². The van der Waals surface area contributed by atoms with Crippen LogP contribution in [0.15, 0.2) is 28.7 Å². The molecule has 108 valence electrons. The number of nitrogens with one attached hydrogen (secondary N) is 1. The fourth-order valence-electron chi connectivity index (χ4n) is 1.60. The van der Waals surface area contributed by atoms with Gasteiger partial charge >= 0.3 is 5.97 Å². The number of carboxylic acids is 1. The van der Waals surface area contributed by atoms with Crippen molar-refractivity contribution in [1.82, 2.24) is 5.32 Å². The van der Waals surface area contributed by atoms with Gasteiger partial charge in [-0.25, -0.2) is 0 Å². The molecule has 0 saturated heterocycles. The van der Waals surface area contributed by atoms with Crippen LogP contribution in [0, 0.1) is 0 Å². The second-order valence-corrected chi connectivity index (χ2v) is 5.14. The molecule has 0 aromatic heterocycles. The Balaban J connectivity index is 2.70. The van der Waals surface area contributed by atoms with Gasteiger partial charge in [0, 0.05) is 22.2 Å². The van der Waals surface area contributed by atoms with Gasteiger partial charge in [-0.1, -0.05) is 15.9 Å². The summed E-state index contributed by atoms with van der Waals surface area (Å²) in [7, 11) is 1.55. The van der Waals surface area contributed by atoms with Gasteiger partial charge in [-0.3, -0.25) is 9.59 Å². The van der Waals surface area contributed by atoms with E-state index >= 15 is 0 Å². The highest BCUT2D eigenvalue weighted by atomic mass is 79.9. The largest absolute Gasteiger partial charge is 0.496 e. The minimum Gasteiger partial charge on any atom is -0.496 e. The molecule has 5 nitrogen and oxygen atoms in total. The van der Waals surface area contributed by atoms with E-state index < -0.39 is 12.0 Å². The Morgan fingerprint density at radius 2 is 2.20 bits per heavy atom. The Kier molecular flexibility index (Phi) is 6.24. The van der Waals surface area contributed by atoms with Crippen LogP contribution < -0.4 is 10.1 Å². The number of carbonyl (C=O) groups is 2. The van der Waals surface area contributed by atoms with Gasteiger partial charge in [0.15, 0.2) is 0 Å². The van der Waals surface area contributed by atoms with Gasteiger partial charge in [0.05, 0.1) is 13.5 Å². The highest BCUT2D eigenvalue weighted by molar-refractivity contribution is 9.10. The quantitative estimate of drug-likeness (QED) is 0.779. The molecule has 0 saturated carbocycles. The molecule has 1 aromatic carbocycles. The summed E-state index contributed by atoms with van der Waals surface area (Å²) in [4.78, 5) is 22.1. The first-order valence-corrected chi connectivity index (χ1v) is 6.75. The number of hydrogen-bond donors (Lipinski definition) is 2. The van der Waals surface area contributed by atoms with Crippen molar-refractivity contribution < 1.29 is 19.4 Å². The molecule has 1 atom stereocenters. The number of rotatable bonds is 6. The first-order valence-electron chi connectivity index (χ1n) is 5.96. The minimum atomic E-state index is -0.949. The van der Waals surface area contributed by atoms with Crippen molar-refractivity contribution in [3.63, 3.8) is 0 Å². The fourth-order valence-corrected chi connectivity index (χ4v) is 1.98. The van der Waals surface area contributed by atoms with Crippen LogP contribution >= 0.6 is 15.9 Å². The maximum atomic E-state index is 11.6. The van der Waals surface area contributed by atoms with E-state index in [0.29, 0.717) is 5.75 Å². The molecule has 1 rings (SSSR count). The summed E-state index contributed by atoms with van der Waals surface area (Å²) in [6.45, 7) is 1.64. The van der Waals surface area contributed by atoms with E-state index in [0.717, 1.165) is 10.0 Å². The van der Waals surface area contributed by atoms with Crippen LogP contribution in [0.1, 0.15) is 18.9 Å². The first kappa shape index (κ1) is 16.2. The van der Waals surface area contributed by atoms with Gasteiger partial charge in [-0.2, -0.15) is 0 Å². The Morgan fingerprint density at radius 1 is 1.50 bits per heavy atom. The number of amides is 1. The Bertz CT molecular complexity index is 528. The molecule has 1 unspecified atom stereocenters. The topological polar surface area (TPSA) is 75.6 Å². The maximum Gasteiger partial charge on any atom is 0.305 e. The summed E-state index contributed by atoms with van der Waals surface area (Å²) in [5.74, 6) is -0.646. The van der Waals surface area contributed by atoms with Gasteiger partial charge in [0.25, 0.3) is 0 Å². The van der Waals surface area contributed by atoms with Crippen LogP contribution in [0.3, 0.4) is 0 Å². The van der Waals surface area contributed by atoms with Gasteiger partial charge in [-0.05, 0) is 31.2 Å². The van der Waals surface area contributed by atoms with Crippen molar-refractivity contribution in [2.24, 2.45) is 0 Å². The number of benzene rings is 1. The summed E-state index contributed by atoms with van der Waals surface area (Å²) in [6.07, 6.45) is 2.86. The van der Waals surface area contributed by atoms with Crippen LogP contribution in [-0.2, 0) is 9.59 Å². The van der Waals surface area contributed by atoms with E-state index in [-0.39, 0.29) is 12.3 Å². The molecule has 0 fully saturated rings. The third-order valence-electron chi connectivity index (χ3n) is 2.48. The molecular weight excluding hydrogens is 326 g/mol. The Labute approximate surface area is 125 Å². The summed E-state index contributed by atoms with van der Waals surface area (Å²) >= 11 is 3.34. The predicted octanol–water partition coefficient (Wildman–Crippen LogP) is 2.45. The molecule has 0 bridgehead atoms. The van der Waals surface area contributed by atoms with E-state index in [9.17, 15) is 9.59 Å². The van der Waals surface area contributed by atoms with Crippen molar-refractivity contribution in [2.75, 3.05) is 7.11 Å². The Morgan fingerprint density at radius 3 is 2.80 bits per heavy atom. The van der Waals surface area contributed by atoms with Crippen LogP contribution in [-0.4, -0.2) is 30.1 Å². The van der Waals surface area contributed by atoms with Crippen molar-refractivity contribution in [1.29, 1.82) is 0 Å². The van der Waals surface area contributed by atoms with Gasteiger partial charge in [0.1, 0.15) is 5.75 Å². The van der Waals surface area contributed by atoms with Crippen LogP contribution in [0.25, 0.3) is 6.08 Å². The molecule has 0 heterocycles. The number of aliphatic carboxylic acids is 1. The predicted molar refractivity (Wildman–Crippen MR) is 79.6 cm³/mol. The fraction of sp³-hybridized carbons (Fsp3) is 0.286. The third kappa shape index (κ3) is 5.44. The van der Waals surface area contributed by atoms with E-state index in [1.165, 1.54) is 6.08 Å². The smallest absolute Gasteiger partial charge is 0.305 e. The van der Waals surface area contributed by atoms with E-state index in [2.05, 4.69) is 21.2 Å². The normalized spacial score (nSPS) is 12.2. The molecule has 0 aliphatic rings. The number of hydrogen-bond acceptors (Lipinski definition) is 3.